The van der Waals surface area contributed by atoms with Crippen molar-refractivity contribution in [2.45, 2.75) is 44.9 Å². The molecule has 0 aliphatic carbocycles. The molecule has 2 rings (SSSR count). The molecule has 0 aliphatic rings. The second-order valence-electron chi connectivity index (χ2n) is 6.75. The molecule has 5 heteroatoms. The lowest BCUT2D eigenvalue weighted by atomic mass is 9.74. The molecule has 0 radical (unpaired) electrons. The molecule has 0 spiro atoms. The van der Waals surface area contributed by atoms with Gasteiger partial charge in [-0.3, -0.25) is 4.79 Å². The van der Waals surface area contributed by atoms with Crippen LogP contribution in [-0.4, -0.2) is 17.2 Å². The Kier molecular flexibility index (Phi) is 6.59. The van der Waals surface area contributed by atoms with Gasteiger partial charge in [0.25, 0.3) is 0 Å². The first-order valence-electron chi connectivity index (χ1n) is 8.30. The number of benzene rings is 2. The molecular weight excluding hydrogens is 336 g/mol. The Balaban J connectivity index is 2.20. The van der Waals surface area contributed by atoms with Gasteiger partial charge in [0.1, 0.15) is 6.23 Å². The number of hydrogen-bond donors (Lipinski definition) is 3. The Bertz CT molecular complexity index is 716. The van der Waals surface area contributed by atoms with Crippen molar-refractivity contribution < 1.29 is 9.90 Å². The van der Waals surface area contributed by atoms with Crippen LogP contribution in [0.15, 0.2) is 48.5 Å². The minimum atomic E-state index is -0.900. The topological polar surface area (TPSA) is 75.4 Å². The van der Waals surface area contributed by atoms with E-state index in [1.165, 1.54) is 6.92 Å². The molecule has 0 aliphatic heterocycles. The molecule has 0 heterocycles. The minimum absolute atomic E-state index is 0.0467. The van der Waals surface area contributed by atoms with Crippen LogP contribution in [-0.2, 0) is 23.2 Å². The van der Waals surface area contributed by atoms with E-state index in [0.717, 1.165) is 23.1 Å². The maximum absolute atomic E-state index is 11.0. The van der Waals surface area contributed by atoms with E-state index >= 15 is 0 Å². The predicted octanol–water partition coefficient (Wildman–Crippen LogP) is 3.14. The van der Waals surface area contributed by atoms with Gasteiger partial charge in [-0.05, 0) is 41.7 Å². The summed E-state index contributed by atoms with van der Waals surface area (Å²) in [6, 6.07) is 15.8. The van der Waals surface area contributed by atoms with Gasteiger partial charge in [-0.25, -0.2) is 0 Å². The van der Waals surface area contributed by atoms with E-state index in [-0.39, 0.29) is 11.3 Å². The quantitative estimate of drug-likeness (QED) is 0.664. The Morgan fingerprint density at radius 2 is 1.88 bits per heavy atom. The van der Waals surface area contributed by atoms with E-state index in [0.29, 0.717) is 18.0 Å². The van der Waals surface area contributed by atoms with Crippen molar-refractivity contribution in [1.82, 2.24) is 5.32 Å². The lowest BCUT2D eigenvalue weighted by Crippen LogP contribution is -2.34. The predicted molar refractivity (Wildman–Crippen MR) is 101 cm³/mol. The number of aliphatic hydroxyl groups excluding tert-OH is 1. The second kappa shape index (κ2) is 8.48. The third kappa shape index (κ3) is 5.85. The van der Waals surface area contributed by atoms with Crippen molar-refractivity contribution in [3.05, 3.63) is 70.2 Å². The zero-order chi connectivity index (χ0) is 18.4. The summed E-state index contributed by atoms with van der Waals surface area (Å²) in [5, 5.41) is 13.2. The fourth-order valence-electron chi connectivity index (χ4n) is 3.07. The van der Waals surface area contributed by atoms with Gasteiger partial charge >= 0.3 is 0 Å². The molecular formula is C20H25ClN2O2. The number of rotatable bonds is 7. The van der Waals surface area contributed by atoms with Crippen molar-refractivity contribution in [2.75, 3.05) is 0 Å². The second-order valence-corrected chi connectivity index (χ2v) is 7.18. The van der Waals surface area contributed by atoms with Crippen molar-refractivity contribution in [3.63, 3.8) is 0 Å². The summed E-state index contributed by atoms with van der Waals surface area (Å²) in [6.45, 7) is 4.10. The monoisotopic (exact) mass is 360 g/mol. The van der Waals surface area contributed by atoms with Crippen LogP contribution in [0.25, 0.3) is 0 Å². The van der Waals surface area contributed by atoms with Crippen LogP contribution in [0.5, 0.6) is 0 Å². The van der Waals surface area contributed by atoms with E-state index in [9.17, 15) is 9.90 Å². The lowest BCUT2D eigenvalue weighted by Gasteiger charge is -2.32. The molecule has 0 fully saturated rings. The van der Waals surface area contributed by atoms with Gasteiger partial charge in [0.05, 0.1) is 0 Å². The minimum Gasteiger partial charge on any atom is -0.379 e. The third-order valence-electron chi connectivity index (χ3n) is 4.34. The fraction of sp³-hybridized carbons (Fsp3) is 0.350. The SMILES string of the molecule is CC(=O)NCc1ccc(CC(C)(C[C@H](N)O)c2cccc(Cl)c2)cc1. The van der Waals surface area contributed by atoms with E-state index < -0.39 is 6.23 Å². The van der Waals surface area contributed by atoms with Gasteiger partial charge in [-0.2, -0.15) is 0 Å². The van der Waals surface area contributed by atoms with Gasteiger partial charge in [-0.15, -0.1) is 0 Å². The van der Waals surface area contributed by atoms with Gasteiger partial charge in [0, 0.05) is 23.9 Å². The summed E-state index contributed by atoms with van der Waals surface area (Å²) in [6.07, 6.45) is 0.256. The average molecular weight is 361 g/mol. The Labute approximate surface area is 154 Å². The van der Waals surface area contributed by atoms with Crippen LogP contribution in [0.2, 0.25) is 5.02 Å². The Morgan fingerprint density at radius 1 is 1.24 bits per heavy atom. The van der Waals surface area contributed by atoms with E-state index in [1.807, 2.05) is 48.5 Å². The summed E-state index contributed by atoms with van der Waals surface area (Å²) in [5.74, 6) is -0.0467. The van der Waals surface area contributed by atoms with Crippen LogP contribution in [0.1, 0.15) is 37.0 Å². The molecule has 1 amide bonds. The first-order valence-corrected chi connectivity index (χ1v) is 8.68. The number of halogens is 1. The van der Waals surface area contributed by atoms with Crippen molar-refractivity contribution in [1.29, 1.82) is 0 Å². The normalized spacial score (nSPS) is 14.6. The van der Waals surface area contributed by atoms with E-state index in [1.54, 1.807) is 0 Å². The van der Waals surface area contributed by atoms with Gasteiger partial charge in [0.2, 0.25) is 5.91 Å². The largest absolute Gasteiger partial charge is 0.379 e. The maximum atomic E-state index is 11.0. The summed E-state index contributed by atoms with van der Waals surface area (Å²) < 4.78 is 0. The Morgan fingerprint density at radius 3 is 2.44 bits per heavy atom. The molecule has 25 heavy (non-hydrogen) atoms. The number of carbonyl (C=O) groups is 1. The summed E-state index contributed by atoms with van der Waals surface area (Å²) >= 11 is 6.14. The highest BCUT2D eigenvalue weighted by Gasteiger charge is 2.29. The molecule has 134 valence electrons. The number of amides is 1. The first-order chi connectivity index (χ1) is 11.8. The van der Waals surface area contributed by atoms with Gasteiger partial charge in [-0.1, -0.05) is 54.9 Å². The van der Waals surface area contributed by atoms with Crippen molar-refractivity contribution in [3.8, 4) is 0 Å². The highest BCUT2D eigenvalue weighted by Crippen LogP contribution is 2.33. The number of aliphatic hydroxyl groups is 1. The van der Waals surface area contributed by atoms with Crippen LogP contribution in [0.3, 0.4) is 0 Å². The molecule has 1 unspecified atom stereocenters. The number of hydrogen-bond acceptors (Lipinski definition) is 3. The molecule has 0 aromatic heterocycles. The molecule has 0 saturated carbocycles. The zero-order valence-electron chi connectivity index (χ0n) is 14.6. The zero-order valence-corrected chi connectivity index (χ0v) is 15.4. The number of carbonyl (C=O) groups excluding carboxylic acids is 1. The summed E-state index contributed by atoms with van der Waals surface area (Å²) in [4.78, 5) is 11.0. The fourth-order valence-corrected chi connectivity index (χ4v) is 3.26. The number of nitrogens with one attached hydrogen (secondary N) is 1. The van der Waals surface area contributed by atoms with Gasteiger partial charge < -0.3 is 16.2 Å². The molecule has 2 aromatic rings. The highest BCUT2D eigenvalue weighted by molar-refractivity contribution is 6.30. The summed E-state index contributed by atoms with van der Waals surface area (Å²) in [7, 11) is 0. The molecule has 0 bridgehead atoms. The van der Waals surface area contributed by atoms with Crippen LogP contribution < -0.4 is 11.1 Å². The highest BCUT2D eigenvalue weighted by atomic mass is 35.5. The first kappa shape index (κ1) is 19.4. The summed E-state index contributed by atoms with van der Waals surface area (Å²) in [5.41, 5.74) is 8.57. The van der Waals surface area contributed by atoms with Crippen LogP contribution in [0, 0.1) is 0 Å². The maximum Gasteiger partial charge on any atom is 0.217 e. The standard InChI is InChI=1S/C20H25ClN2O2/c1-14(24)23-13-16-8-6-15(7-9-16)11-20(2,12-19(22)25)17-4-3-5-18(21)10-17/h3-10,19,25H,11-13,22H2,1-2H3,(H,23,24)/t19-,20?/m1/s1. The van der Waals surface area contributed by atoms with Crippen LogP contribution in [0.4, 0.5) is 0 Å². The van der Waals surface area contributed by atoms with E-state index in [2.05, 4.69) is 12.2 Å². The average Bonchev–Trinajstić information content (AvgIpc) is 2.53. The molecule has 2 aromatic carbocycles. The molecule has 2 atom stereocenters. The lowest BCUT2D eigenvalue weighted by molar-refractivity contribution is -0.119. The van der Waals surface area contributed by atoms with Crippen molar-refractivity contribution >= 4 is 17.5 Å². The van der Waals surface area contributed by atoms with Gasteiger partial charge in [0.15, 0.2) is 0 Å². The number of nitrogens with two attached hydrogens (primary N) is 1. The van der Waals surface area contributed by atoms with Crippen LogP contribution >= 0.6 is 11.6 Å². The Hall–Kier alpha value is -1.88. The smallest absolute Gasteiger partial charge is 0.217 e. The molecule has 0 saturated heterocycles. The van der Waals surface area contributed by atoms with Crippen molar-refractivity contribution in [2.24, 2.45) is 5.73 Å². The van der Waals surface area contributed by atoms with E-state index in [4.69, 9.17) is 17.3 Å². The molecule has 4 nitrogen and oxygen atoms in total. The molecule has 4 N–H and O–H groups in total. The third-order valence-corrected chi connectivity index (χ3v) is 4.58.